The largest absolute Gasteiger partial charge is 0.507 e. The average Bonchev–Trinajstić information content (AvgIpc) is 2.76. The van der Waals surface area contributed by atoms with E-state index in [1.807, 2.05) is 42.5 Å². The van der Waals surface area contributed by atoms with Crippen LogP contribution in [0, 0.1) is 0 Å². The molecule has 0 aliphatic heterocycles. The van der Waals surface area contributed by atoms with Gasteiger partial charge in [0, 0.05) is 11.1 Å². The third-order valence-corrected chi connectivity index (χ3v) is 7.05. The Morgan fingerprint density at radius 2 is 1.15 bits per heavy atom. The van der Waals surface area contributed by atoms with E-state index in [0.717, 1.165) is 49.7 Å². The standard InChI is InChI=1S/C31H32O2/c1-29(2,3)25-17-20(18-26(28(25)32)30(4,5)6)31(33)23-15-8-7-13-21(23)22-14-9-11-19-12-10-16-24(31)27(19)22/h7-18,32-33H,1-6H3. The molecule has 0 saturated carbocycles. The summed E-state index contributed by atoms with van der Waals surface area (Å²) in [6.45, 7) is 12.6. The van der Waals surface area contributed by atoms with E-state index in [4.69, 9.17) is 0 Å². The van der Waals surface area contributed by atoms with Crippen LogP contribution in [0.5, 0.6) is 5.75 Å². The first kappa shape index (κ1) is 21.7. The summed E-state index contributed by atoms with van der Waals surface area (Å²) in [4.78, 5) is 0. The van der Waals surface area contributed by atoms with E-state index in [-0.39, 0.29) is 10.8 Å². The molecule has 0 bridgehead atoms. The minimum Gasteiger partial charge on any atom is -0.507 e. The summed E-state index contributed by atoms with van der Waals surface area (Å²) < 4.78 is 0. The van der Waals surface area contributed by atoms with Gasteiger partial charge >= 0.3 is 0 Å². The fourth-order valence-electron chi connectivity index (χ4n) is 5.34. The quantitative estimate of drug-likeness (QED) is 0.326. The van der Waals surface area contributed by atoms with Crippen LogP contribution in [0.2, 0.25) is 0 Å². The fraction of sp³-hybridized carbons (Fsp3) is 0.290. The van der Waals surface area contributed by atoms with E-state index in [1.54, 1.807) is 0 Å². The van der Waals surface area contributed by atoms with E-state index in [0.29, 0.717) is 5.75 Å². The number of benzene rings is 4. The molecule has 168 valence electrons. The van der Waals surface area contributed by atoms with Crippen molar-refractivity contribution in [1.82, 2.24) is 0 Å². The van der Waals surface area contributed by atoms with E-state index >= 15 is 0 Å². The zero-order valence-corrected chi connectivity index (χ0v) is 20.3. The molecule has 0 amide bonds. The van der Waals surface area contributed by atoms with Crippen LogP contribution >= 0.6 is 0 Å². The monoisotopic (exact) mass is 436 g/mol. The minimum atomic E-state index is -1.34. The number of aliphatic hydroxyl groups is 1. The van der Waals surface area contributed by atoms with Crippen LogP contribution in [0.25, 0.3) is 21.9 Å². The van der Waals surface area contributed by atoms with Crippen molar-refractivity contribution >= 4 is 10.8 Å². The molecule has 1 unspecified atom stereocenters. The van der Waals surface area contributed by atoms with Gasteiger partial charge in [-0.15, -0.1) is 0 Å². The van der Waals surface area contributed by atoms with Crippen molar-refractivity contribution in [3.05, 3.63) is 101 Å². The Hall–Kier alpha value is -3.10. The Morgan fingerprint density at radius 1 is 0.636 bits per heavy atom. The van der Waals surface area contributed by atoms with Crippen molar-refractivity contribution in [3.8, 4) is 16.9 Å². The van der Waals surface area contributed by atoms with Gasteiger partial charge in [-0.1, -0.05) is 102 Å². The van der Waals surface area contributed by atoms with Crippen LogP contribution in [-0.2, 0) is 16.4 Å². The minimum absolute atomic E-state index is 0.283. The van der Waals surface area contributed by atoms with Gasteiger partial charge in [-0.25, -0.2) is 0 Å². The third kappa shape index (κ3) is 3.12. The predicted molar refractivity (Wildman–Crippen MR) is 137 cm³/mol. The number of aromatic hydroxyl groups is 1. The molecule has 33 heavy (non-hydrogen) atoms. The summed E-state index contributed by atoms with van der Waals surface area (Å²) in [7, 11) is 0. The van der Waals surface area contributed by atoms with Crippen LogP contribution in [0.15, 0.2) is 72.8 Å². The van der Waals surface area contributed by atoms with Gasteiger partial charge in [0.1, 0.15) is 11.4 Å². The Bertz CT molecular complexity index is 1360. The Labute approximate surface area is 196 Å². The molecule has 1 atom stereocenters. The number of phenols is 1. The van der Waals surface area contributed by atoms with Gasteiger partial charge in [0.15, 0.2) is 0 Å². The van der Waals surface area contributed by atoms with Crippen LogP contribution in [0.3, 0.4) is 0 Å². The lowest BCUT2D eigenvalue weighted by Crippen LogP contribution is -2.33. The molecule has 0 aromatic heterocycles. The Morgan fingerprint density at radius 3 is 1.76 bits per heavy atom. The van der Waals surface area contributed by atoms with Crippen LogP contribution < -0.4 is 0 Å². The summed E-state index contributed by atoms with van der Waals surface area (Å²) in [5, 5.41) is 26.2. The van der Waals surface area contributed by atoms with Crippen molar-refractivity contribution in [1.29, 1.82) is 0 Å². The Kier molecular flexibility index (Phi) is 4.58. The molecule has 0 heterocycles. The molecular formula is C31H32O2. The predicted octanol–water partition coefficient (Wildman–Crippen LogP) is 7.41. The third-order valence-electron chi connectivity index (χ3n) is 7.05. The first-order valence-corrected chi connectivity index (χ1v) is 11.7. The van der Waals surface area contributed by atoms with Gasteiger partial charge in [-0.2, -0.15) is 0 Å². The highest BCUT2D eigenvalue weighted by atomic mass is 16.3. The lowest BCUT2D eigenvalue weighted by atomic mass is 9.68. The van der Waals surface area contributed by atoms with E-state index in [1.165, 1.54) is 0 Å². The van der Waals surface area contributed by atoms with Crippen LogP contribution in [0.4, 0.5) is 0 Å². The first-order chi connectivity index (χ1) is 15.4. The summed E-state index contributed by atoms with van der Waals surface area (Å²) in [5.41, 5.74) is 4.55. The van der Waals surface area contributed by atoms with E-state index in [9.17, 15) is 10.2 Å². The summed E-state index contributed by atoms with van der Waals surface area (Å²) in [6, 6.07) is 24.7. The number of rotatable bonds is 1. The number of fused-ring (bicyclic) bond motifs is 2. The molecular weight excluding hydrogens is 404 g/mol. The van der Waals surface area contributed by atoms with Gasteiger partial charge < -0.3 is 10.2 Å². The highest BCUT2D eigenvalue weighted by Gasteiger charge is 2.42. The van der Waals surface area contributed by atoms with Crippen molar-refractivity contribution in [2.24, 2.45) is 0 Å². The summed E-state index contributed by atoms with van der Waals surface area (Å²) in [6.07, 6.45) is 0. The molecule has 5 rings (SSSR count). The number of hydrogen-bond acceptors (Lipinski definition) is 2. The normalized spacial score (nSPS) is 17.8. The molecule has 2 heteroatoms. The smallest absolute Gasteiger partial charge is 0.141 e. The maximum atomic E-state index is 12.7. The molecule has 0 saturated heterocycles. The van der Waals surface area contributed by atoms with E-state index < -0.39 is 5.60 Å². The summed E-state index contributed by atoms with van der Waals surface area (Å²) in [5.74, 6) is 0.324. The summed E-state index contributed by atoms with van der Waals surface area (Å²) >= 11 is 0. The van der Waals surface area contributed by atoms with Crippen LogP contribution in [-0.4, -0.2) is 10.2 Å². The lowest BCUT2D eigenvalue weighted by Gasteiger charge is -2.39. The molecule has 2 nitrogen and oxygen atoms in total. The van der Waals surface area contributed by atoms with Crippen molar-refractivity contribution < 1.29 is 10.2 Å². The molecule has 4 aromatic rings. The molecule has 0 radical (unpaired) electrons. The Balaban J connectivity index is 1.95. The highest BCUT2D eigenvalue weighted by molar-refractivity contribution is 6.03. The first-order valence-electron chi connectivity index (χ1n) is 11.7. The second-order valence-corrected chi connectivity index (χ2v) is 11.4. The zero-order chi connectivity index (χ0) is 23.8. The average molecular weight is 437 g/mol. The second kappa shape index (κ2) is 6.95. The van der Waals surface area contributed by atoms with Gasteiger partial charge in [0.05, 0.1) is 0 Å². The zero-order valence-electron chi connectivity index (χ0n) is 20.3. The van der Waals surface area contributed by atoms with Gasteiger partial charge in [0.2, 0.25) is 0 Å². The van der Waals surface area contributed by atoms with Crippen molar-refractivity contribution in [2.75, 3.05) is 0 Å². The number of phenolic OH excluding ortho intramolecular Hbond substituents is 1. The molecule has 1 aliphatic rings. The molecule has 1 aliphatic carbocycles. The highest BCUT2D eigenvalue weighted by Crippen LogP contribution is 2.52. The van der Waals surface area contributed by atoms with Crippen molar-refractivity contribution in [2.45, 2.75) is 58.0 Å². The number of hydrogen-bond donors (Lipinski definition) is 2. The SMILES string of the molecule is CC(C)(C)c1cc(C2(O)c3ccccc3-c3cccc4cccc2c34)cc(C(C)(C)C)c1O. The van der Waals surface area contributed by atoms with E-state index in [2.05, 4.69) is 71.9 Å². The van der Waals surface area contributed by atoms with Gasteiger partial charge in [0.25, 0.3) is 0 Å². The van der Waals surface area contributed by atoms with Crippen molar-refractivity contribution in [3.63, 3.8) is 0 Å². The maximum absolute atomic E-state index is 12.7. The molecule has 2 N–H and O–H groups in total. The maximum Gasteiger partial charge on any atom is 0.141 e. The topological polar surface area (TPSA) is 40.5 Å². The van der Waals surface area contributed by atoms with Gasteiger partial charge in [-0.05, 0) is 61.6 Å². The molecule has 0 spiro atoms. The molecule has 0 fully saturated rings. The van der Waals surface area contributed by atoms with Gasteiger partial charge in [-0.3, -0.25) is 0 Å². The van der Waals surface area contributed by atoms with Crippen LogP contribution in [0.1, 0.15) is 69.4 Å². The molecule has 4 aromatic carbocycles. The second-order valence-electron chi connectivity index (χ2n) is 11.4. The fourth-order valence-corrected chi connectivity index (χ4v) is 5.34. The lowest BCUT2D eigenvalue weighted by molar-refractivity contribution is 0.126.